The SMILES string of the molecule is CC(CN(C)C(=O)C1CCCCN1C(=O)c1cccs1)C(=O)O. The number of carbonyl (C=O) groups is 3. The first-order valence-corrected chi connectivity index (χ1v) is 8.62. The molecule has 1 aromatic rings. The van der Waals surface area contributed by atoms with Gasteiger partial charge in [-0.15, -0.1) is 11.3 Å². The van der Waals surface area contributed by atoms with Gasteiger partial charge < -0.3 is 14.9 Å². The first-order valence-electron chi connectivity index (χ1n) is 7.74. The Kier molecular flexibility index (Phi) is 5.76. The summed E-state index contributed by atoms with van der Waals surface area (Å²) >= 11 is 1.37. The number of likely N-dealkylation sites (N-methyl/N-ethyl adjacent to an activating group) is 1. The van der Waals surface area contributed by atoms with E-state index in [4.69, 9.17) is 5.11 Å². The third kappa shape index (κ3) is 4.10. The van der Waals surface area contributed by atoms with Crippen molar-refractivity contribution in [2.75, 3.05) is 20.1 Å². The van der Waals surface area contributed by atoms with Crippen LogP contribution >= 0.6 is 11.3 Å². The summed E-state index contributed by atoms with van der Waals surface area (Å²) in [5.41, 5.74) is 0. The van der Waals surface area contributed by atoms with Crippen molar-refractivity contribution in [3.05, 3.63) is 22.4 Å². The number of nitrogens with zero attached hydrogens (tertiary/aromatic N) is 2. The van der Waals surface area contributed by atoms with Gasteiger partial charge >= 0.3 is 5.97 Å². The number of amides is 2. The van der Waals surface area contributed by atoms with Crippen molar-refractivity contribution in [1.82, 2.24) is 9.80 Å². The molecule has 0 bridgehead atoms. The molecule has 0 aromatic carbocycles. The van der Waals surface area contributed by atoms with Crippen LogP contribution in [0.25, 0.3) is 0 Å². The van der Waals surface area contributed by atoms with Crippen molar-refractivity contribution in [2.24, 2.45) is 5.92 Å². The molecular formula is C16H22N2O4S. The van der Waals surface area contributed by atoms with Crippen LogP contribution in [0, 0.1) is 5.92 Å². The predicted octanol–water partition coefficient (Wildman–Crippen LogP) is 1.92. The van der Waals surface area contributed by atoms with Crippen LogP contribution in [0.1, 0.15) is 35.9 Å². The van der Waals surface area contributed by atoms with E-state index in [0.29, 0.717) is 17.8 Å². The lowest BCUT2D eigenvalue weighted by molar-refractivity contribution is -0.143. The fourth-order valence-corrected chi connectivity index (χ4v) is 3.49. The van der Waals surface area contributed by atoms with Crippen LogP contribution in [0.2, 0.25) is 0 Å². The number of hydrogen-bond acceptors (Lipinski definition) is 4. The minimum Gasteiger partial charge on any atom is -0.481 e. The number of likely N-dealkylation sites (tertiary alicyclic amines) is 1. The van der Waals surface area contributed by atoms with Gasteiger partial charge in [-0.05, 0) is 30.7 Å². The van der Waals surface area contributed by atoms with Crippen LogP contribution in [0.5, 0.6) is 0 Å². The van der Waals surface area contributed by atoms with E-state index in [9.17, 15) is 14.4 Å². The van der Waals surface area contributed by atoms with Crippen LogP contribution in [0.15, 0.2) is 17.5 Å². The zero-order valence-electron chi connectivity index (χ0n) is 13.4. The van der Waals surface area contributed by atoms with Gasteiger partial charge in [0.05, 0.1) is 10.8 Å². The summed E-state index contributed by atoms with van der Waals surface area (Å²) in [7, 11) is 1.60. The zero-order valence-corrected chi connectivity index (χ0v) is 14.2. The lowest BCUT2D eigenvalue weighted by Gasteiger charge is -2.36. The van der Waals surface area contributed by atoms with Crippen molar-refractivity contribution < 1.29 is 19.5 Å². The zero-order chi connectivity index (χ0) is 17.0. The third-order valence-electron chi connectivity index (χ3n) is 4.13. The van der Waals surface area contributed by atoms with Crippen molar-refractivity contribution >= 4 is 29.1 Å². The Morgan fingerprint density at radius 2 is 2.17 bits per heavy atom. The molecule has 2 atom stereocenters. The third-order valence-corrected chi connectivity index (χ3v) is 4.98. The van der Waals surface area contributed by atoms with Crippen molar-refractivity contribution in [1.29, 1.82) is 0 Å². The minimum atomic E-state index is -0.931. The van der Waals surface area contributed by atoms with Crippen LogP contribution < -0.4 is 0 Å². The summed E-state index contributed by atoms with van der Waals surface area (Å²) in [6.07, 6.45) is 2.41. The smallest absolute Gasteiger partial charge is 0.308 e. The molecule has 1 aliphatic heterocycles. The highest BCUT2D eigenvalue weighted by Crippen LogP contribution is 2.23. The maximum atomic E-state index is 12.7. The van der Waals surface area contributed by atoms with Crippen LogP contribution in [0.4, 0.5) is 0 Å². The predicted molar refractivity (Wildman–Crippen MR) is 87.4 cm³/mol. The maximum Gasteiger partial charge on any atom is 0.308 e. The molecule has 1 saturated heterocycles. The average Bonchev–Trinajstić information content (AvgIpc) is 3.07. The standard InChI is InChI=1S/C16H22N2O4S/c1-11(16(21)22)10-17(2)14(19)12-6-3-4-8-18(12)15(20)13-7-5-9-23-13/h5,7,9,11-12H,3-4,6,8,10H2,1-2H3,(H,21,22). The Bertz CT molecular complexity index is 573. The van der Waals surface area contributed by atoms with E-state index in [1.54, 1.807) is 24.9 Å². The van der Waals surface area contributed by atoms with Gasteiger partial charge in [0, 0.05) is 20.1 Å². The van der Waals surface area contributed by atoms with E-state index in [1.165, 1.54) is 16.2 Å². The molecule has 6 nitrogen and oxygen atoms in total. The first-order chi connectivity index (χ1) is 10.9. The van der Waals surface area contributed by atoms with Crippen LogP contribution in [-0.4, -0.2) is 58.9 Å². The van der Waals surface area contributed by atoms with E-state index in [2.05, 4.69) is 0 Å². The molecule has 0 radical (unpaired) electrons. The van der Waals surface area contributed by atoms with Crippen LogP contribution in [-0.2, 0) is 9.59 Å². The van der Waals surface area contributed by atoms with Gasteiger partial charge in [0.15, 0.2) is 0 Å². The molecule has 0 aliphatic carbocycles. The Balaban J connectivity index is 2.09. The molecular weight excluding hydrogens is 316 g/mol. The quantitative estimate of drug-likeness (QED) is 0.890. The molecule has 126 valence electrons. The molecule has 0 spiro atoms. The molecule has 1 N–H and O–H groups in total. The second-order valence-corrected chi connectivity index (χ2v) is 6.89. The van der Waals surface area contributed by atoms with Crippen LogP contribution in [0.3, 0.4) is 0 Å². The van der Waals surface area contributed by atoms with Gasteiger partial charge in [-0.1, -0.05) is 13.0 Å². The van der Waals surface area contributed by atoms with Gasteiger partial charge in [0.25, 0.3) is 5.91 Å². The maximum absolute atomic E-state index is 12.7. The van der Waals surface area contributed by atoms with E-state index >= 15 is 0 Å². The number of carboxylic acids is 1. The molecule has 1 aromatic heterocycles. The number of aliphatic carboxylic acids is 1. The van der Waals surface area contributed by atoms with E-state index in [1.807, 2.05) is 11.4 Å². The lowest BCUT2D eigenvalue weighted by Crippen LogP contribution is -2.53. The molecule has 7 heteroatoms. The summed E-state index contributed by atoms with van der Waals surface area (Å²) in [5.74, 6) is -1.85. The monoisotopic (exact) mass is 338 g/mol. The highest BCUT2D eigenvalue weighted by Gasteiger charge is 2.35. The Morgan fingerprint density at radius 1 is 1.43 bits per heavy atom. The fourth-order valence-electron chi connectivity index (χ4n) is 2.81. The first kappa shape index (κ1) is 17.5. The Hall–Kier alpha value is -1.89. The minimum absolute atomic E-state index is 0.113. The van der Waals surface area contributed by atoms with Gasteiger partial charge in [0.1, 0.15) is 6.04 Å². The molecule has 23 heavy (non-hydrogen) atoms. The molecule has 2 amide bonds. The van der Waals surface area contributed by atoms with Gasteiger partial charge in [-0.25, -0.2) is 0 Å². The number of carbonyl (C=O) groups excluding carboxylic acids is 2. The fraction of sp³-hybridized carbons (Fsp3) is 0.562. The second kappa shape index (κ2) is 7.59. The molecule has 2 unspecified atom stereocenters. The highest BCUT2D eigenvalue weighted by atomic mass is 32.1. The lowest BCUT2D eigenvalue weighted by atomic mass is 10.00. The van der Waals surface area contributed by atoms with Crippen molar-refractivity contribution in [3.8, 4) is 0 Å². The number of rotatable bonds is 5. The van der Waals surface area contributed by atoms with Gasteiger partial charge in [0.2, 0.25) is 5.91 Å². The largest absolute Gasteiger partial charge is 0.481 e. The summed E-state index contributed by atoms with van der Waals surface area (Å²) in [6, 6.07) is 3.09. The summed E-state index contributed by atoms with van der Waals surface area (Å²) in [6.45, 7) is 2.28. The average molecular weight is 338 g/mol. The van der Waals surface area contributed by atoms with Crippen molar-refractivity contribution in [2.45, 2.75) is 32.2 Å². The molecule has 1 aliphatic rings. The normalized spacial score (nSPS) is 19.2. The number of piperidine rings is 1. The van der Waals surface area contributed by atoms with Gasteiger partial charge in [-0.2, -0.15) is 0 Å². The summed E-state index contributed by atoms with van der Waals surface area (Å²) in [5, 5.41) is 10.8. The van der Waals surface area contributed by atoms with Crippen molar-refractivity contribution in [3.63, 3.8) is 0 Å². The number of thiophene rings is 1. The molecule has 1 fully saturated rings. The molecule has 2 rings (SSSR count). The topological polar surface area (TPSA) is 77.9 Å². The Labute approximate surface area is 139 Å². The van der Waals surface area contributed by atoms with E-state index in [-0.39, 0.29) is 18.4 Å². The van der Waals surface area contributed by atoms with E-state index in [0.717, 1.165) is 12.8 Å². The highest BCUT2D eigenvalue weighted by molar-refractivity contribution is 7.12. The number of hydrogen-bond donors (Lipinski definition) is 1. The molecule has 2 heterocycles. The van der Waals surface area contributed by atoms with E-state index < -0.39 is 17.9 Å². The summed E-state index contributed by atoms with van der Waals surface area (Å²) < 4.78 is 0. The van der Waals surface area contributed by atoms with Gasteiger partial charge in [-0.3, -0.25) is 14.4 Å². The molecule has 0 saturated carbocycles. The number of carboxylic acid groups (broad SMARTS) is 1. The second-order valence-electron chi connectivity index (χ2n) is 5.95. The summed E-state index contributed by atoms with van der Waals surface area (Å²) in [4.78, 5) is 39.9. The Morgan fingerprint density at radius 3 is 2.78 bits per heavy atom.